The summed E-state index contributed by atoms with van der Waals surface area (Å²) in [6.45, 7) is 0.422. The van der Waals surface area contributed by atoms with E-state index in [4.69, 9.17) is 4.74 Å². The van der Waals surface area contributed by atoms with E-state index in [-0.39, 0.29) is 5.91 Å². The van der Waals surface area contributed by atoms with E-state index >= 15 is 0 Å². The lowest BCUT2D eigenvalue weighted by Gasteiger charge is -2.05. The van der Waals surface area contributed by atoms with Gasteiger partial charge in [0.25, 0.3) is 5.91 Å². The average Bonchev–Trinajstić information content (AvgIpc) is 3.35. The van der Waals surface area contributed by atoms with E-state index in [1.54, 1.807) is 25.6 Å². The molecule has 3 N–H and O–H groups in total. The highest BCUT2D eigenvalue weighted by atomic mass is 16.5. The molecule has 1 amide bonds. The second-order valence-electron chi connectivity index (χ2n) is 6.00. The van der Waals surface area contributed by atoms with E-state index in [1.165, 1.54) is 0 Å². The fourth-order valence-corrected chi connectivity index (χ4v) is 2.92. The molecule has 0 radical (unpaired) electrons. The molecule has 0 spiro atoms. The Labute approximate surface area is 150 Å². The van der Waals surface area contributed by atoms with Crippen LogP contribution in [0, 0.1) is 0 Å². The van der Waals surface area contributed by atoms with Crippen LogP contribution in [-0.4, -0.2) is 28.2 Å². The number of methoxy groups -OCH3 is 1. The molecule has 4 aromatic rings. The number of rotatable bonds is 5. The summed E-state index contributed by atoms with van der Waals surface area (Å²) in [6, 6.07) is 15.3. The number of carbonyl (C=O) groups is 1. The maximum Gasteiger partial charge on any atom is 0.251 e. The molecule has 2 aromatic heterocycles. The molecule has 0 unspecified atom stereocenters. The molecule has 0 bridgehead atoms. The Morgan fingerprint density at radius 3 is 2.88 bits per heavy atom. The largest absolute Gasteiger partial charge is 0.497 e. The van der Waals surface area contributed by atoms with E-state index in [9.17, 15) is 4.79 Å². The Kier molecular flexibility index (Phi) is 4.15. The van der Waals surface area contributed by atoms with Crippen LogP contribution in [-0.2, 0) is 6.54 Å². The van der Waals surface area contributed by atoms with Crippen LogP contribution in [0.3, 0.4) is 0 Å². The third kappa shape index (κ3) is 3.17. The molecule has 2 heterocycles. The van der Waals surface area contributed by atoms with Crippen molar-refractivity contribution >= 4 is 16.8 Å². The predicted octanol–water partition coefficient (Wildman–Crippen LogP) is 3.50. The number of H-pyrrole nitrogens is 2. The number of aromatic nitrogens is 3. The number of hydrogen-bond acceptors (Lipinski definition) is 3. The lowest BCUT2D eigenvalue weighted by molar-refractivity contribution is 0.0950. The first-order valence-electron chi connectivity index (χ1n) is 8.26. The molecule has 130 valence electrons. The minimum atomic E-state index is -0.119. The number of hydrogen-bond donors (Lipinski definition) is 3. The lowest BCUT2D eigenvalue weighted by Crippen LogP contribution is -2.22. The third-order valence-corrected chi connectivity index (χ3v) is 4.28. The molecule has 4 rings (SSSR count). The Balaban J connectivity index is 1.48. The van der Waals surface area contributed by atoms with Gasteiger partial charge in [0.05, 0.1) is 19.9 Å². The van der Waals surface area contributed by atoms with Crippen LogP contribution >= 0.6 is 0 Å². The molecule has 0 aliphatic carbocycles. The summed E-state index contributed by atoms with van der Waals surface area (Å²) in [7, 11) is 1.65. The van der Waals surface area contributed by atoms with Crippen molar-refractivity contribution in [3.8, 4) is 16.9 Å². The van der Waals surface area contributed by atoms with Gasteiger partial charge in [-0.3, -0.25) is 9.89 Å². The van der Waals surface area contributed by atoms with Crippen molar-refractivity contribution in [3.63, 3.8) is 0 Å². The van der Waals surface area contributed by atoms with Gasteiger partial charge in [-0.25, -0.2) is 0 Å². The van der Waals surface area contributed by atoms with Gasteiger partial charge in [0.1, 0.15) is 5.75 Å². The molecule has 6 heteroatoms. The van der Waals surface area contributed by atoms with Gasteiger partial charge in [-0.2, -0.15) is 5.10 Å². The van der Waals surface area contributed by atoms with Crippen molar-refractivity contribution in [2.75, 3.05) is 7.11 Å². The topological polar surface area (TPSA) is 82.8 Å². The third-order valence-electron chi connectivity index (χ3n) is 4.28. The van der Waals surface area contributed by atoms with Crippen molar-refractivity contribution < 1.29 is 9.53 Å². The molecule has 0 fully saturated rings. The van der Waals surface area contributed by atoms with Gasteiger partial charge in [0, 0.05) is 33.9 Å². The van der Waals surface area contributed by atoms with Gasteiger partial charge >= 0.3 is 0 Å². The van der Waals surface area contributed by atoms with Crippen LogP contribution in [0.5, 0.6) is 5.75 Å². The summed E-state index contributed by atoms with van der Waals surface area (Å²) in [5, 5.41) is 10.7. The summed E-state index contributed by atoms with van der Waals surface area (Å²) in [6.07, 6.45) is 3.53. The first kappa shape index (κ1) is 16.0. The monoisotopic (exact) mass is 346 g/mol. The number of amides is 1. The molecule has 0 atom stereocenters. The van der Waals surface area contributed by atoms with Gasteiger partial charge in [-0.05, 0) is 42.0 Å². The minimum absolute atomic E-state index is 0.119. The maximum atomic E-state index is 12.5. The SMILES string of the molecule is COc1ccc2[nH]c(CNC(=O)c3cccc(-c4cn[nH]c4)c3)cc2c1. The number of nitrogens with zero attached hydrogens (tertiary/aromatic N) is 1. The quantitative estimate of drug-likeness (QED) is 0.517. The highest BCUT2D eigenvalue weighted by Crippen LogP contribution is 2.22. The zero-order chi connectivity index (χ0) is 17.9. The zero-order valence-corrected chi connectivity index (χ0v) is 14.2. The van der Waals surface area contributed by atoms with E-state index in [2.05, 4.69) is 20.5 Å². The maximum absolute atomic E-state index is 12.5. The van der Waals surface area contributed by atoms with Crippen molar-refractivity contribution in [3.05, 3.63) is 72.2 Å². The van der Waals surface area contributed by atoms with Crippen LogP contribution in [0.1, 0.15) is 16.1 Å². The van der Waals surface area contributed by atoms with Crippen molar-refractivity contribution in [1.82, 2.24) is 20.5 Å². The summed E-state index contributed by atoms with van der Waals surface area (Å²) in [5.41, 5.74) is 4.46. The highest BCUT2D eigenvalue weighted by Gasteiger charge is 2.09. The fraction of sp³-hybridized carbons (Fsp3) is 0.100. The van der Waals surface area contributed by atoms with Crippen LogP contribution in [0.2, 0.25) is 0 Å². The molecule has 6 nitrogen and oxygen atoms in total. The summed E-state index contributed by atoms with van der Waals surface area (Å²) in [5.74, 6) is 0.690. The molecule has 0 aliphatic rings. The first-order valence-corrected chi connectivity index (χ1v) is 8.26. The predicted molar refractivity (Wildman–Crippen MR) is 100 cm³/mol. The van der Waals surface area contributed by atoms with Gasteiger partial charge in [-0.1, -0.05) is 12.1 Å². The number of fused-ring (bicyclic) bond motifs is 1. The highest BCUT2D eigenvalue weighted by molar-refractivity contribution is 5.95. The zero-order valence-electron chi connectivity index (χ0n) is 14.2. The van der Waals surface area contributed by atoms with Crippen LogP contribution in [0.25, 0.3) is 22.0 Å². The Morgan fingerprint density at radius 1 is 1.15 bits per heavy atom. The standard InChI is InChI=1S/C20H18N4O2/c1-26-18-5-6-19-15(9-18)8-17(24-19)12-21-20(25)14-4-2-3-13(7-14)16-10-22-23-11-16/h2-11,24H,12H2,1H3,(H,21,25)(H,22,23). The van der Waals surface area contributed by atoms with Gasteiger partial charge in [-0.15, -0.1) is 0 Å². The van der Waals surface area contributed by atoms with Crippen molar-refractivity contribution in [2.24, 2.45) is 0 Å². The van der Waals surface area contributed by atoms with E-state index in [1.807, 2.05) is 42.5 Å². The van der Waals surface area contributed by atoms with Gasteiger partial charge in [0.2, 0.25) is 0 Å². The number of nitrogens with one attached hydrogen (secondary N) is 3. The Hall–Kier alpha value is -3.54. The summed E-state index contributed by atoms with van der Waals surface area (Å²) >= 11 is 0. The van der Waals surface area contributed by atoms with Crippen molar-refractivity contribution in [2.45, 2.75) is 6.54 Å². The molecule has 26 heavy (non-hydrogen) atoms. The number of ether oxygens (including phenoxy) is 1. The average molecular weight is 346 g/mol. The molecule has 0 aliphatic heterocycles. The molecule has 0 saturated heterocycles. The van der Waals surface area contributed by atoms with Crippen LogP contribution in [0.4, 0.5) is 0 Å². The minimum Gasteiger partial charge on any atom is -0.497 e. The van der Waals surface area contributed by atoms with E-state index in [0.29, 0.717) is 12.1 Å². The second-order valence-corrected chi connectivity index (χ2v) is 6.00. The van der Waals surface area contributed by atoms with Gasteiger partial charge < -0.3 is 15.0 Å². The molecular formula is C20H18N4O2. The number of carbonyl (C=O) groups excluding carboxylic acids is 1. The molecular weight excluding hydrogens is 328 g/mol. The Morgan fingerprint density at radius 2 is 2.08 bits per heavy atom. The Bertz CT molecular complexity index is 1050. The first-order chi connectivity index (χ1) is 12.7. The van der Waals surface area contributed by atoms with Crippen LogP contribution < -0.4 is 10.1 Å². The second kappa shape index (κ2) is 6.76. The number of aromatic amines is 2. The van der Waals surface area contributed by atoms with E-state index < -0.39 is 0 Å². The smallest absolute Gasteiger partial charge is 0.251 e. The van der Waals surface area contributed by atoms with E-state index in [0.717, 1.165) is 33.5 Å². The molecule has 0 saturated carbocycles. The number of benzene rings is 2. The summed E-state index contributed by atoms with van der Waals surface area (Å²) < 4.78 is 5.24. The normalized spacial score (nSPS) is 10.8. The molecule has 2 aromatic carbocycles. The fourth-order valence-electron chi connectivity index (χ4n) is 2.92. The van der Waals surface area contributed by atoms with Gasteiger partial charge in [0.15, 0.2) is 0 Å². The van der Waals surface area contributed by atoms with Crippen LogP contribution in [0.15, 0.2) is 60.9 Å². The van der Waals surface area contributed by atoms with Crippen molar-refractivity contribution in [1.29, 1.82) is 0 Å². The summed E-state index contributed by atoms with van der Waals surface area (Å²) in [4.78, 5) is 15.8. The lowest BCUT2D eigenvalue weighted by atomic mass is 10.1.